The molecule has 0 saturated heterocycles. The fourth-order valence-corrected chi connectivity index (χ4v) is 6.16. The quantitative estimate of drug-likeness (QED) is 0.266. The molecular weight excluding hydrogens is 561 g/mol. The van der Waals surface area contributed by atoms with E-state index in [1.807, 2.05) is 16.6 Å². The Morgan fingerprint density at radius 1 is 1.11 bits per heavy atom. The van der Waals surface area contributed by atoms with Crippen molar-refractivity contribution in [1.29, 1.82) is 0 Å². The molecule has 2 atom stereocenters. The molecule has 44 heavy (non-hydrogen) atoms. The van der Waals surface area contributed by atoms with Gasteiger partial charge in [0.15, 0.2) is 0 Å². The lowest BCUT2D eigenvalue weighted by Gasteiger charge is -2.22. The topological polar surface area (TPSA) is 121 Å². The number of pyridine rings is 2. The van der Waals surface area contributed by atoms with Crippen molar-refractivity contribution in [2.24, 2.45) is 11.7 Å². The molecule has 9 nitrogen and oxygen atoms in total. The number of nitrogens with zero attached hydrogens (tertiary/aromatic N) is 3. The summed E-state index contributed by atoms with van der Waals surface area (Å²) in [4.78, 5) is 31.3. The predicted octanol–water partition coefficient (Wildman–Crippen LogP) is 5.01. The van der Waals surface area contributed by atoms with Crippen LogP contribution in [0.5, 0.6) is 11.6 Å². The Morgan fingerprint density at radius 2 is 1.89 bits per heavy atom. The highest BCUT2D eigenvalue weighted by molar-refractivity contribution is 5.96. The minimum absolute atomic E-state index is 0.0940. The molecule has 10 heteroatoms. The largest absolute Gasteiger partial charge is 0.489 e. The van der Waals surface area contributed by atoms with Gasteiger partial charge in [0.2, 0.25) is 11.8 Å². The third kappa shape index (κ3) is 4.86. The second kappa shape index (κ2) is 10.0. The van der Waals surface area contributed by atoms with Crippen LogP contribution in [-0.4, -0.2) is 45.7 Å². The first-order valence-electron chi connectivity index (χ1n) is 15.5. The molecule has 1 aromatic carbocycles. The van der Waals surface area contributed by atoms with Crippen LogP contribution in [-0.2, 0) is 10.2 Å². The van der Waals surface area contributed by atoms with Gasteiger partial charge >= 0.3 is 0 Å². The molecule has 3 saturated carbocycles. The first-order valence-corrected chi connectivity index (χ1v) is 15.5. The third-order valence-corrected chi connectivity index (χ3v) is 9.42. The summed E-state index contributed by atoms with van der Waals surface area (Å²) < 4.78 is 27.8. The molecule has 0 radical (unpaired) electrons. The molecule has 4 aliphatic rings. The predicted molar refractivity (Wildman–Crippen MR) is 160 cm³/mol. The van der Waals surface area contributed by atoms with Crippen LogP contribution in [0.4, 0.5) is 4.39 Å². The molecule has 0 unspecified atom stereocenters. The number of halogens is 1. The van der Waals surface area contributed by atoms with E-state index in [-0.39, 0.29) is 30.4 Å². The first kappa shape index (κ1) is 27.1. The maximum atomic E-state index is 13.8. The fourth-order valence-electron chi connectivity index (χ4n) is 6.16. The summed E-state index contributed by atoms with van der Waals surface area (Å²) in [6, 6.07) is 13.7. The van der Waals surface area contributed by atoms with Gasteiger partial charge in [0.05, 0.1) is 11.2 Å². The summed E-state index contributed by atoms with van der Waals surface area (Å²) in [5.74, 6) is 0.768. The number of hydrogen-bond acceptors (Lipinski definition) is 6. The SMILES string of the molecule is C[C@]1(C(N)=O)COc2c1cc([C@@H](CNC(=O)c1cc(OC3CC3)n3nc(C4CC4)cc3c1)C1CC1)nc2-c1ccc(F)cc1. The smallest absolute Gasteiger partial charge is 0.251 e. The van der Waals surface area contributed by atoms with Crippen molar-refractivity contribution in [2.45, 2.75) is 68.8 Å². The number of rotatable bonds is 10. The van der Waals surface area contributed by atoms with E-state index in [9.17, 15) is 14.0 Å². The zero-order chi connectivity index (χ0) is 30.2. The second-order valence-electron chi connectivity index (χ2n) is 13.0. The van der Waals surface area contributed by atoms with Crippen LogP contribution in [0.25, 0.3) is 16.8 Å². The molecule has 1 aliphatic heterocycles. The maximum absolute atomic E-state index is 13.8. The van der Waals surface area contributed by atoms with Gasteiger partial charge < -0.3 is 20.5 Å². The van der Waals surface area contributed by atoms with Gasteiger partial charge in [-0.15, -0.1) is 0 Å². The van der Waals surface area contributed by atoms with Gasteiger partial charge in [-0.3, -0.25) is 9.59 Å². The monoisotopic (exact) mass is 595 g/mol. The van der Waals surface area contributed by atoms with E-state index < -0.39 is 11.3 Å². The van der Waals surface area contributed by atoms with Gasteiger partial charge in [0.25, 0.3) is 5.91 Å². The van der Waals surface area contributed by atoms with E-state index in [0.717, 1.165) is 55.4 Å². The lowest BCUT2D eigenvalue weighted by Crippen LogP contribution is -2.40. The van der Waals surface area contributed by atoms with E-state index in [4.69, 9.17) is 25.3 Å². The van der Waals surface area contributed by atoms with Gasteiger partial charge in [0.1, 0.15) is 35.4 Å². The van der Waals surface area contributed by atoms with Crippen LogP contribution in [0.3, 0.4) is 0 Å². The number of carbonyl (C=O) groups is 2. The van der Waals surface area contributed by atoms with Crippen molar-refractivity contribution in [3.63, 3.8) is 0 Å². The number of nitrogens with one attached hydrogen (secondary N) is 1. The molecule has 4 heterocycles. The van der Waals surface area contributed by atoms with Crippen molar-refractivity contribution in [1.82, 2.24) is 19.9 Å². The molecule has 3 aliphatic carbocycles. The van der Waals surface area contributed by atoms with Crippen molar-refractivity contribution >= 4 is 17.3 Å². The van der Waals surface area contributed by atoms with E-state index in [1.54, 1.807) is 25.1 Å². The summed E-state index contributed by atoms with van der Waals surface area (Å²) >= 11 is 0. The zero-order valence-electron chi connectivity index (χ0n) is 24.5. The molecule has 3 aromatic heterocycles. The van der Waals surface area contributed by atoms with Crippen molar-refractivity contribution < 1.29 is 23.5 Å². The standard InChI is InChI=1S/C34H34FN5O4/c1-34(33(36)42)17-43-31-26(34)15-28(38-30(31)20-6-8-22(35)9-7-20)25(18-2-3-18)16-37-32(41)21-12-23-14-27(19-4-5-19)39-40(23)29(13-21)44-24-10-11-24/h6-9,12-15,18-19,24-25H,2-5,10-11,16-17H2,1H3,(H2,36,42)(H,37,41)/t25-,34-/m0/s1. The van der Waals surface area contributed by atoms with Gasteiger partial charge in [0, 0.05) is 46.8 Å². The molecule has 3 N–H and O–H groups in total. The summed E-state index contributed by atoms with van der Waals surface area (Å²) in [5, 5.41) is 7.94. The molecule has 8 rings (SSSR count). The zero-order valence-corrected chi connectivity index (χ0v) is 24.5. The van der Waals surface area contributed by atoms with Gasteiger partial charge in [-0.2, -0.15) is 5.10 Å². The Morgan fingerprint density at radius 3 is 2.57 bits per heavy atom. The second-order valence-corrected chi connectivity index (χ2v) is 13.0. The van der Waals surface area contributed by atoms with E-state index in [2.05, 4.69) is 11.4 Å². The average Bonchev–Trinajstić information content (AvgIpc) is 3.90. The van der Waals surface area contributed by atoms with Crippen LogP contribution < -0.4 is 20.5 Å². The van der Waals surface area contributed by atoms with Gasteiger partial charge in [-0.05, 0) is 93.8 Å². The number of aromatic nitrogens is 3. The fraction of sp³-hybridized carbons (Fsp3) is 0.412. The number of amides is 2. The molecule has 0 bridgehead atoms. The summed E-state index contributed by atoms with van der Waals surface area (Å²) in [6.07, 6.45) is 6.49. The summed E-state index contributed by atoms with van der Waals surface area (Å²) in [6.45, 7) is 2.24. The molecular formula is C34H34FN5O4. The highest BCUT2D eigenvalue weighted by atomic mass is 19.1. The van der Waals surface area contributed by atoms with E-state index in [0.29, 0.717) is 52.4 Å². The molecule has 3 fully saturated rings. The third-order valence-electron chi connectivity index (χ3n) is 9.42. The first-order chi connectivity index (χ1) is 21.3. The number of primary amides is 1. The Bertz CT molecular complexity index is 1810. The highest BCUT2D eigenvalue weighted by Crippen LogP contribution is 2.48. The minimum Gasteiger partial charge on any atom is -0.489 e. The number of nitrogens with two attached hydrogens (primary N) is 1. The number of hydrogen-bond donors (Lipinski definition) is 2. The number of fused-ring (bicyclic) bond motifs is 2. The van der Waals surface area contributed by atoms with Crippen molar-refractivity contribution in [3.05, 3.63) is 76.9 Å². The van der Waals surface area contributed by atoms with E-state index in [1.165, 1.54) is 12.1 Å². The Labute approximate surface area is 253 Å². The lowest BCUT2D eigenvalue weighted by atomic mass is 9.82. The molecule has 4 aromatic rings. The van der Waals surface area contributed by atoms with Crippen LogP contribution >= 0.6 is 0 Å². The average molecular weight is 596 g/mol. The van der Waals surface area contributed by atoms with Gasteiger partial charge in [-0.25, -0.2) is 13.9 Å². The minimum atomic E-state index is -1.03. The highest BCUT2D eigenvalue weighted by Gasteiger charge is 2.45. The van der Waals surface area contributed by atoms with Crippen LogP contribution in [0.1, 0.15) is 84.6 Å². The van der Waals surface area contributed by atoms with Crippen molar-refractivity contribution in [2.75, 3.05) is 13.2 Å². The van der Waals surface area contributed by atoms with Crippen molar-refractivity contribution in [3.8, 4) is 22.9 Å². The summed E-state index contributed by atoms with van der Waals surface area (Å²) in [5.41, 5.74) is 9.89. The normalized spacial score (nSPS) is 21.5. The number of benzene rings is 1. The van der Waals surface area contributed by atoms with Crippen LogP contribution in [0.2, 0.25) is 0 Å². The number of ether oxygens (including phenoxy) is 2. The Hall–Kier alpha value is -4.47. The van der Waals surface area contributed by atoms with Crippen LogP contribution in [0, 0.1) is 11.7 Å². The summed E-state index contributed by atoms with van der Waals surface area (Å²) in [7, 11) is 0. The number of carbonyl (C=O) groups excluding carboxylic acids is 2. The Kier molecular flexibility index (Phi) is 6.18. The van der Waals surface area contributed by atoms with Crippen LogP contribution in [0.15, 0.2) is 48.5 Å². The molecule has 2 amide bonds. The molecule has 0 spiro atoms. The van der Waals surface area contributed by atoms with E-state index >= 15 is 0 Å². The lowest BCUT2D eigenvalue weighted by molar-refractivity contribution is -0.123. The maximum Gasteiger partial charge on any atom is 0.251 e. The van der Waals surface area contributed by atoms with Gasteiger partial charge in [-0.1, -0.05) is 0 Å². The molecule has 226 valence electrons. The Balaban J connectivity index is 1.12.